The Labute approximate surface area is 99.6 Å². The van der Waals surface area contributed by atoms with Gasteiger partial charge in [-0.2, -0.15) is 0 Å². The van der Waals surface area contributed by atoms with Crippen molar-refractivity contribution in [3.05, 3.63) is 34.9 Å². The Kier molecular flexibility index (Phi) is 4.86. The molecule has 0 aliphatic heterocycles. The summed E-state index contributed by atoms with van der Waals surface area (Å²) in [6.45, 7) is 2.13. The van der Waals surface area contributed by atoms with Gasteiger partial charge in [0.25, 0.3) is 0 Å². The Balaban J connectivity index is 2.75. The number of methoxy groups -OCH3 is 1. The highest BCUT2D eigenvalue weighted by Crippen LogP contribution is 2.25. The Hall–Kier alpha value is -1.48. The molecule has 0 aliphatic rings. The van der Waals surface area contributed by atoms with E-state index in [1.165, 1.54) is 6.08 Å². The van der Waals surface area contributed by atoms with Gasteiger partial charge in [0.05, 0.1) is 18.7 Å². The van der Waals surface area contributed by atoms with Gasteiger partial charge in [0.1, 0.15) is 5.75 Å². The zero-order valence-corrected chi connectivity index (χ0v) is 9.95. The third-order valence-corrected chi connectivity index (χ3v) is 2.17. The molecule has 0 unspecified atom stereocenters. The van der Waals surface area contributed by atoms with Crippen LogP contribution in [0.1, 0.15) is 12.5 Å². The SMILES string of the molecule is CCOC(=O)/C=C\c1ccc(OC)c(Cl)c1. The fraction of sp³-hybridized carbons (Fsp3) is 0.250. The van der Waals surface area contributed by atoms with Crippen molar-refractivity contribution in [3.63, 3.8) is 0 Å². The van der Waals surface area contributed by atoms with Crippen molar-refractivity contribution in [3.8, 4) is 5.75 Å². The van der Waals surface area contributed by atoms with Crippen molar-refractivity contribution >= 4 is 23.6 Å². The molecule has 0 saturated carbocycles. The number of carbonyl (C=O) groups excluding carboxylic acids is 1. The molecular weight excluding hydrogens is 228 g/mol. The number of rotatable bonds is 4. The van der Waals surface area contributed by atoms with Crippen LogP contribution in [0.4, 0.5) is 0 Å². The number of hydrogen-bond donors (Lipinski definition) is 0. The van der Waals surface area contributed by atoms with E-state index in [2.05, 4.69) is 0 Å². The summed E-state index contributed by atoms with van der Waals surface area (Å²) in [4.78, 5) is 11.1. The van der Waals surface area contributed by atoms with Crippen molar-refractivity contribution in [1.82, 2.24) is 0 Å². The maximum atomic E-state index is 11.1. The normalized spacial score (nSPS) is 10.4. The second kappa shape index (κ2) is 6.18. The van der Waals surface area contributed by atoms with Gasteiger partial charge >= 0.3 is 5.97 Å². The molecule has 16 heavy (non-hydrogen) atoms. The molecule has 0 heterocycles. The van der Waals surface area contributed by atoms with Crippen LogP contribution in [0.15, 0.2) is 24.3 Å². The number of esters is 1. The summed E-state index contributed by atoms with van der Waals surface area (Å²) in [5, 5.41) is 0.508. The highest BCUT2D eigenvalue weighted by molar-refractivity contribution is 6.32. The first-order valence-electron chi connectivity index (χ1n) is 4.85. The predicted octanol–water partition coefficient (Wildman–Crippen LogP) is 2.92. The molecule has 3 nitrogen and oxygen atoms in total. The van der Waals surface area contributed by atoms with Crippen LogP contribution in [0.2, 0.25) is 5.02 Å². The smallest absolute Gasteiger partial charge is 0.330 e. The molecule has 0 N–H and O–H groups in total. The summed E-state index contributed by atoms with van der Waals surface area (Å²) in [7, 11) is 1.55. The van der Waals surface area contributed by atoms with Crippen molar-refractivity contribution in [1.29, 1.82) is 0 Å². The predicted molar refractivity (Wildman–Crippen MR) is 63.7 cm³/mol. The van der Waals surface area contributed by atoms with E-state index in [1.54, 1.807) is 38.3 Å². The zero-order chi connectivity index (χ0) is 12.0. The number of halogens is 1. The Morgan fingerprint density at radius 3 is 2.81 bits per heavy atom. The fourth-order valence-corrected chi connectivity index (χ4v) is 1.41. The van der Waals surface area contributed by atoms with E-state index in [0.717, 1.165) is 5.56 Å². The lowest BCUT2D eigenvalue weighted by Crippen LogP contribution is -1.98. The van der Waals surface area contributed by atoms with Crippen LogP contribution < -0.4 is 4.74 Å². The molecule has 1 aromatic carbocycles. The van der Waals surface area contributed by atoms with Gasteiger partial charge in [-0.25, -0.2) is 4.79 Å². The van der Waals surface area contributed by atoms with Gasteiger partial charge in [-0.3, -0.25) is 0 Å². The summed E-state index contributed by atoms with van der Waals surface area (Å²) in [5.41, 5.74) is 0.818. The van der Waals surface area contributed by atoms with Gasteiger partial charge in [0, 0.05) is 6.08 Å². The van der Waals surface area contributed by atoms with E-state index in [0.29, 0.717) is 17.4 Å². The molecule has 4 heteroatoms. The van der Waals surface area contributed by atoms with Gasteiger partial charge in [0.15, 0.2) is 0 Å². The van der Waals surface area contributed by atoms with Crippen molar-refractivity contribution in [2.75, 3.05) is 13.7 Å². The monoisotopic (exact) mass is 240 g/mol. The first-order chi connectivity index (χ1) is 7.67. The van der Waals surface area contributed by atoms with E-state index in [4.69, 9.17) is 21.1 Å². The van der Waals surface area contributed by atoms with Crippen LogP contribution in [-0.4, -0.2) is 19.7 Å². The second-order valence-corrected chi connectivity index (χ2v) is 3.39. The Morgan fingerprint density at radius 1 is 1.50 bits per heavy atom. The van der Waals surface area contributed by atoms with E-state index < -0.39 is 0 Å². The van der Waals surface area contributed by atoms with Crippen LogP contribution in [-0.2, 0) is 9.53 Å². The zero-order valence-electron chi connectivity index (χ0n) is 9.20. The third kappa shape index (κ3) is 3.59. The minimum Gasteiger partial charge on any atom is -0.495 e. The molecule has 1 aromatic rings. The molecule has 0 fully saturated rings. The highest BCUT2D eigenvalue weighted by atomic mass is 35.5. The topological polar surface area (TPSA) is 35.5 Å². The fourth-order valence-electron chi connectivity index (χ4n) is 1.14. The molecule has 0 spiro atoms. The summed E-state index contributed by atoms with van der Waals surface area (Å²) in [5.74, 6) is 0.240. The molecular formula is C12H13ClO3. The summed E-state index contributed by atoms with van der Waals surface area (Å²) < 4.78 is 9.77. The molecule has 0 aromatic heterocycles. The molecule has 0 radical (unpaired) electrons. The van der Waals surface area contributed by atoms with Crippen molar-refractivity contribution < 1.29 is 14.3 Å². The van der Waals surface area contributed by atoms with Gasteiger partial charge in [0.2, 0.25) is 0 Å². The van der Waals surface area contributed by atoms with E-state index in [-0.39, 0.29) is 5.97 Å². The van der Waals surface area contributed by atoms with Crippen molar-refractivity contribution in [2.24, 2.45) is 0 Å². The van der Waals surface area contributed by atoms with Crippen LogP contribution >= 0.6 is 11.6 Å². The number of carbonyl (C=O) groups is 1. The lowest BCUT2D eigenvalue weighted by molar-refractivity contribution is -0.137. The quantitative estimate of drug-likeness (QED) is 0.600. The standard InChI is InChI=1S/C12H13ClO3/c1-3-16-12(14)7-5-9-4-6-11(15-2)10(13)8-9/h4-8H,3H2,1-2H3/b7-5-. The maximum absolute atomic E-state index is 11.1. The van der Waals surface area contributed by atoms with Crippen LogP contribution in [0.25, 0.3) is 6.08 Å². The van der Waals surface area contributed by atoms with E-state index >= 15 is 0 Å². The molecule has 0 saturated heterocycles. The summed E-state index contributed by atoms with van der Waals surface area (Å²) >= 11 is 5.93. The average molecular weight is 241 g/mol. The minimum atomic E-state index is -0.366. The Morgan fingerprint density at radius 2 is 2.25 bits per heavy atom. The van der Waals surface area contributed by atoms with Crippen LogP contribution in [0.5, 0.6) is 5.75 Å². The molecule has 0 atom stereocenters. The second-order valence-electron chi connectivity index (χ2n) is 2.98. The van der Waals surface area contributed by atoms with Gasteiger partial charge in [-0.15, -0.1) is 0 Å². The average Bonchev–Trinajstić information content (AvgIpc) is 2.27. The molecule has 0 amide bonds. The van der Waals surface area contributed by atoms with Gasteiger partial charge < -0.3 is 9.47 Å². The molecule has 1 rings (SSSR count). The summed E-state index contributed by atoms with van der Waals surface area (Å²) in [6.07, 6.45) is 3.00. The lowest BCUT2D eigenvalue weighted by atomic mass is 10.2. The van der Waals surface area contributed by atoms with E-state index in [1.807, 2.05) is 0 Å². The molecule has 0 bridgehead atoms. The first-order valence-corrected chi connectivity index (χ1v) is 5.23. The number of ether oxygens (including phenoxy) is 2. The molecule has 0 aliphatic carbocycles. The first kappa shape index (κ1) is 12.6. The lowest BCUT2D eigenvalue weighted by Gasteiger charge is -2.02. The maximum Gasteiger partial charge on any atom is 0.330 e. The number of benzene rings is 1. The third-order valence-electron chi connectivity index (χ3n) is 1.87. The van der Waals surface area contributed by atoms with Crippen molar-refractivity contribution in [2.45, 2.75) is 6.92 Å². The molecule has 86 valence electrons. The minimum absolute atomic E-state index is 0.366. The largest absolute Gasteiger partial charge is 0.495 e. The van der Waals surface area contributed by atoms with Gasteiger partial charge in [-0.05, 0) is 30.7 Å². The number of hydrogen-bond acceptors (Lipinski definition) is 3. The van der Waals surface area contributed by atoms with Crippen LogP contribution in [0.3, 0.4) is 0 Å². The van der Waals surface area contributed by atoms with Crippen LogP contribution in [0, 0.1) is 0 Å². The highest BCUT2D eigenvalue weighted by Gasteiger charge is 2.00. The summed E-state index contributed by atoms with van der Waals surface area (Å²) in [6, 6.07) is 5.27. The van der Waals surface area contributed by atoms with E-state index in [9.17, 15) is 4.79 Å². The Bertz CT molecular complexity index is 399. The van der Waals surface area contributed by atoms with Gasteiger partial charge in [-0.1, -0.05) is 17.7 Å².